The lowest BCUT2D eigenvalue weighted by atomic mass is 9.77. The summed E-state index contributed by atoms with van der Waals surface area (Å²) >= 11 is 6.07. The van der Waals surface area contributed by atoms with Gasteiger partial charge in [-0.3, -0.25) is 9.78 Å². The summed E-state index contributed by atoms with van der Waals surface area (Å²) in [5, 5.41) is 0.679. The first kappa shape index (κ1) is 21.7. The first-order chi connectivity index (χ1) is 16.1. The Kier molecular flexibility index (Phi) is 6.14. The third-order valence-electron chi connectivity index (χ3n) is 6.70. The molecule has 6 heteroatoms. The molecular formula is C27H26ClN3O2. The second kappa shape index (κ2) is 9.36. The average Bonchev–Trinajstić information content (AvgIpc) is 3.28. The number of aromatic amines is 1. The number of H-pyrrole nitrogens is 1. The lowest BCUT2D eigenvalue weighted by Gasteiger charge is -2.28. The van der Waals surface area contributed by atoms with Gasteiger partial charge in [0.25, 0.3) is 0 Å². The number of nitrogens with one attached hydrogen (secondary N) is 1. The van der Waals surface area contributed by atoms with Gasteiger partial charge in [0.1, 0.15) is 5.69 Å². The van der Waals surface area contributed by atoms with Crippen LogP contribution >= 0.6 is 11.6 Å². The predicted octanol–water partition coefficient (Wildman–Crippen LogP) is 6.78. The molecule has 0 unspecified atom stereocenters. The maximum absolute atomic E-state index is 11.5. The van der Waals surface area contributed by atoms with Crippen LogP contribution in [-0.2, 0) is 9.53 Å². The lowest BCUT2D eigenvalue weighted by Crippen LogP contribution is -2.17. The van der Waals surface area contributed by atoms with E-state index in [9.17, 15) is 4.79 Å². The van der Waals surface area contributed by atoms with Gasteiger partial charge in [0.05, 0.1) is 18.1 Å². The number of ether oxygens (including phenoxy) is 1. The van der Waals surface area contributed by atoms with E-state index in [1.54, 1.807) is 0 Å². The molecule has 1 aliphatic rings. The van der Waals surface area contributed by atoms with Crippen molar-refractivity contribution in [3.05, 3.63) is 71.4 Å². The highest BCUT2D eigenvalue weighted by atomic mass is 35.5. The average molecular weight is 460 g/mol. The molecule has 5 nitrogen and oxygen atoms in total. The quantitative estimate of drug-likeness (QED) is 0.334. The van der Waals surface area contributed by atoms with Crippen LogP contribution < -0.4 is 0 Å². The van der Waals surface area contributed by atoms with E-state index >= 15 is 0 Å². The highest BCUT2D eigenvalue weighted by Crippen LogP contribution is 2.37. The molecule has 0 atom stereocenters. The van der Waals surface area contributed by atoms with Crippen molar-refractivity contribution < 1.29 is 9.53 Å². The first-order valence-electron chi connectivity index (χ1n) is 11.4. The maximum Gasteiger partial charge on any atom is 0.305 e. The summed E-state index contributed by atoms with van der Waals surface area (Å²) < 4.78 is 4.82. The number of aromatic nitrogens is 3. The molecule has 5 rings (SSSR count). The fourth-order valence-electron chi connectivity index (χ4n) is 4.77. The topological polar surface area (TPSA) is 67.9 Å². The van der Waals surface area contributed by atoms with Crippen molar-refractivity contribution in [1.29, 1.82) is 0 Å². The number of pyridine rings is 1. The lowest BCUT2D eigenvalue weighted by molar-refractivity contribution is -0.142. The number of hydrogen-bond donors (Lipinski definition) is 1. The van der Waals surface area contributed by atoms with Crippen LogP contribution in [0.3, 0.4) is 0 Å². The highest BCUT2D eigenvalue weighted by Gasteiger charge is 2.24. The predicted molar refractivity (Wildman–Crippen MR) is 131 cm³/mol. The molecule has 0 saturated heterocycles. The van der Waals surface area contributed by atoms with E-state index in [4.69, 9.17) is 16.3 Å². The van der Waals surface area contributed by atoms with E-state index in [0.29, 0.717) is 23.3 Å². The van der Waals surface area contributed by atoms with Gasteiger partial charge in [-0.1, -0.05) is 41.9 Å². The van der Waals surface area contributed by atoms with Crippen LogP contribution in [0.15, 0.2) is 60.8 Å². The minimum absolute atomic E-state index is 0.0906. The summed E-state index contributed by atoms with van der Waals surface area (Å²) in [6, 6.07) is 18.5. The van der Waals surface area contributed by atoms with Crippen molar-refractivity contribution in [2.45, 2.75) is 38.0 Å². The second-order valence-corrected chi connectivity index (χ2v) is 9.24. The Balaban J connectivity index is 1.25. The number of rotatable bonds is 5. The molecule has 1 aliphatic carbocycles. The molecule has 1 saturated carbocycles. The molecular weight excluding hydrogens is 434 g/mol. The van der Waals surface area contributed by atoms with Crippen molar-refractivity contribution in [2.24, 2.45) is 5.92 Å². The van der Waals surface area contributed by atoms with Crippen molar-refractivity contribution in [3.8, 4) is 22.6 Å². The smallest absolute Gasteiger partial charge is 0.305 e. The van der Waals surface area contributed by atoms with Crippen LogP contribution in [-0.4, -0.2) is 28.0 Å². The van der Waals surface area contributed by atoms with Crippen molar-refractivity contribution in [2.75, 3.05) is 7.11 Å². The van der Waals surface area contributed by atoms with Gasteiger partial charge in [0, 0.05) is 23.2 Å². The Labute approximate surface area is 198 Å². The minimum Gasteiger partial charge on any atom is -0.469 e. The van der Waals surface area contributed by atoms with E-state index in [1.165, 1.54) is 12.7 Å². The van der Waals surface area contributed by atoms with Gasteiger partial charge in [0.2, 0.25) is 0 Å². The number of methoxy groups -OCH3 is 1. The first-order valence-corrected chi connectivity index (χ1v) is 11.8. The number of carbonyl (C=O) groups is 1. The van der Waals surface area contributed by atoms with Crippen LogP contribution in [0.1, 0.15) is 43.6 Å². The molecule has 0 amide bonds. The molecule has 168 valence electrons. The Hall–Kier alpha value is -3.18. The van der Waals surface area contributed by atoms with Gasteiger partial charge in [-0.15, -0.1) is 0 Å². The molecule has 4 aromatic rings. The summed E-state index contributed by atoms with van der Waals surface area (Å²) in [7, 11) is 1.47. The summed E-state index contributed by atoms with van der Waals surface area (Å²) in [6.45, 7) is 0. The van der Waals surface area contributed by atoms with Gasteiger partial charge >= 0.3 is 5.97 Å². The molecule has 2 aromatic carbocycles. The number of esters is 1. The van der Waals surface area contributed by atoms with Gasteiger partial charge in [0.15, 0.2) is 5.82 Å². The molecule has 0 radical (unpaired) electrons. The van der Waals surface area contributed by atoms with E-state index in [0.717, 1.165) is 59.4 Å². The standard InChI is InChI=1S/C27H26ClN3O2/c1-33-26(32)14-17-2-4-18(5-3-17)19-6-8-20(9-7-19)21-10-12-24(29-16-21)27-30-23-13-11-22(28)15-25(23)31-27/h6-13,15-18H,2-5,14H2,1H3,(H,30,31). The monoisotopic (exact) mass is 459 g/mol. The molecule has 0 spiro atoms. The fraction of sp³-hybridized carbons (Fsp3) is 0.296. The number of hydrogen-bond acceptors (Lipinski definition) is 4. The zero-order chi connectivity index (χ0) is 22.8. The molecule has 33 heavy (non-hydrogen) atoms. The SMILES string of the molecule is COC(=O)CC1CCC(c2ccc(-c3ccc(-c4nc5ccc(Cl)cc5[nH]4)nc3)cc2)CC1. The van der Waals surface area contributed by atoms with Gasteiger partial charge < -0.3 is 9.72 Å². The molecule has 0 aliphatic heterocycles. The van der Waals surface area contributed by atoms with Crippen LogP contribution in [0.25, 0.3) is 33.7 Å². The number of benzene rings is 2. The number of fused-ring (bicyclic) bond motifs is 1. The van der Waals surface area contributed by atoms with Gasteiger partial charge in [-0.2, -0.15) is 0 Å². The van der Waals surface area contributed by atoms with Crippen LogP contribution in [0.5, 0.6) is 0 Å². The third kappa shape index (κ3) is 4.79. The zero-order valence-corrected chi connectivity index (χ0v) is 19.3. The Morgan fingerprint density at radius 3 is 2.48 bits per heavy atom. The van der Waals surface area contributed by atoms with Crippen LogP contribution in [0, 0.1) is 5.92 Å². The normalized spacial score (nSPS) is 18.4. The van der Waals surface area contributed by atoms with Crippen LogP contribution in [0.2, 0.25) is 5.02 Å². The fourth-order valence-corrected chi connectivity index (χ4v) is 4.95. The van der Waals surface area contributed by atoms with E-state index in [-0.39, 0.29) is 5.97 Å². The van der Waals surface area contributed by atoms with Gasteiger partial charge in [-0.05, 0) is 72.9 Å². The second-order valence-electron chi connectivity index (χ2n) is 8.80. The molecule has 0 bridgehead atoms. The minimum atomic E-state index is -0.0906. The zero-order valence-electron chi connectivity index (χ0n) is 18.6. The largest absolute Gasteiger partial charge is 0.469 e. The maximum atomic E-state index is 11.5. The Morgan fingerprint density at radius 2 is 1.79 bits per heavy atom. The molecule has 2 aromatic heterocycles. The highest BCUT2D eigenvalue weighted by molar-refractivity contribution is 6.31. The number of halogens is 1. The molecule has 1 N–H and O–H groups in total. The van der Waals surface area contributed by atoms with Crippen LogP contribution in [0.4, 0.5) is 0 Å². The summed E-state index contributed by atoms with van der Waals surface area (Å²) in [5.41, 5.74) is 6.17. The summed E-state index contributed by atoms with van der Waals surface area (Å²) in [4.78, 5) is 24.1. The van der Waals surface area contributed by atoms with Gasteiger partial charge in [-0.25, -0.2) is 4.98 Å². The number of nitrogens with zero attached hydrogens (tertiary/aromatic N) is 2. The van der Waals surface area contributed by atoms with E-state index < -0.39 is 0 Å². The molecule has 1 fully saturated rings. The van der Waals surface area contributed by atoms with Crippen molar-refractivity contribution in [1.82, 2.24) is 15.0 Å². The molecule has 2 heterocycles. The summed E-state index contributed by atoms with van der Waals surface area (Å²) in [5.74, 6) is 1.67. The van der Waals surface area contributed by atoms with Crippen molar-refractivity contribution >= 4 is 28.6 Å². The Bertz CT molecular complexity index is 1260. The number of carbonyl (C=O) groups excluding carboxylic acids is 1. The van der Waals surface area contributed by atoms with E-state index in [2.05, 4.69) is 45.3 Å². The summed E-state index contributed by atoms with van der Waals surface area (Å²) in [6.07, 6.45) is 6.86. The Morgan fingerprint density at radius 1 is 1.03 bits per heavy atom. The van der Waals surface area contributed by atoms with Crippen molar-refractivity contribution in [3.63, 3.8) is 0 Å². The third-order valence-corrected chi connectivity index (χ3v) is 6.93. The number of imidazole rings is 1. The van der Waals surface area contributed by atoms with E-state index in [1.807, 2.05) is 30.5 Å².